The van der Waals surface area contributed by atoms with Crippen molar-refractivity contribution in [2.75, 3.05) is 37.8 Å². The third-order valence-electron chi connectivity index (χ3n) is 7.83. The highest BCUT2D eigenvalue weighted by Gasteiger charge is 2.54. The lowest BCUT2D eigenvalue weighted by Gasteiger charge is -2.49. The Morgan fingerprint density at radius 2 is 1.91 bits per heavy atom. The first-order valence-corrected chi connectivity index (χ1v) is 17.7. The molecule has 1 saturated heterocycles. The number of carbonyl (C=O) groups excluding carboxylic acids is 3. The number of amides is 3. The van der Waals surface area contributed by atoms with E-state index in [1.54, 1.807) is 11.1 Å². The third kappa shape index (κ3) is 8.13. The average molecular weight is 810 g/mol. The van der Waals surface area contributed by atoms with Gasteiger partial charge in [-0.15, -0.1) is 11.8 Å². The zero-order valence-corrected chi connectivity index (χ0v) is 30.5. The highest BCUT2D eigenvalue weighted by atomic mass is 35.5. The van der Waals surface area contributed by atoms with Crippen molar-refractivity contribution < 1.29 is 49.3 Å². The number of β-lactam (4-membered cyclic amide) rings is 1. The summed E-state index contributed by atoms with van der Waals surface area (Å²) in [5, 5.41) is 49.6. The number of anilines is 1. The predicted octanol–water partition coefficient (Wildman–Crippen LogP) is -1.70. The van der Waals surface area contributed by atoms with Crippen LogP contribution < -0.4 is 32.8 Å². The van der Waals surface area contributed by atoms with Crippen molar-refractivity contribution in [3.8, 4) is 5.75 Å². The summed E-state index contributed by atoms with van der Waals surface area (Å²) in [6.07, 6.45) is 2.28. The first-order chi connectivity index (χ1) is 25.4. The van der Waals surface area contributed by atoms with Gasteiger partial charge in [0.2, 0.25) is 11.0 Å². The van der Waals surface area contributed by atoms with Gasteiger partial charge in [-0.25, -0.2) is 19.6 Å². The number of aromatic nitrogens is 2. The van der Waals surface area contributed by atoms with Crippen LogP contribution in [0, 0.1) is 0 Å². The van der Waals surface area contributed by atoms with E-state index in [4.69, 9.17) is 27.9 Å². The Bertz CT molecular complexity index is 2110. The van der Waals surface area contributed by atoms with Crippen molar-refractivity contribution in [3.63, 3.8) is 0 Å². The molecule has 5 heterocycles. The molecular formula is C29H32ClN11O11S2. The first kappa shape index (κ1) is 39.2. The van der Waals surface area contributed by atoms with Gasteiger partial charge < -0.3 is 57.7 Å². The van der Waals surface area contributed by atoms with Gasteiger partial charge in [-0.1, -0.05) is 28.1 Å². The number of carbonyl (C=O) groups is 5. The zero-order valence-electron chi connectivity index (χ0n) is 28.1. The number of nitrogen functional groups attached to an aromatic ring is 1. The molecule has 3 aliphatic rings. The Morgan fingerprint density at radius 1 is 1.19 bits per heavy atom. The summed E-state index contributed by atoms with van der Waals surface area (Å²) in [5.74, 6) is -5.78. The first-order valence-electron chi connectivity index (χ1n) is 15.4. The summed E-state index contributed by atoms with van der Waals surface area (Å²) in [5.41, 5.74) is 8.29. The molecule has 3 aliphatic heterocycles. The largest absolute Gasteiger partial charge is 0.503 e. The Morgan fingerprint density at radius 3 is 2.56 bits per heavy atom. The SMILES string of the molecule is CC(C)(O/N=C(\C(=O)N[C@@H]1C(=O)N2C(C(=O)O)=C(CN3C=C(NCCNC(=O)c4cc(=O)c(O)cn4O)C(N)=NC3)CSC12)c1nc(N)sc1Cl)C(=O)O. The van der Waals surface area contributed by atoms with E-state index >= 15 is 0 Å². The van der Waals surface area contributed by atoms with Crippen molar-refractivity contribution in [3.05, 3.63) is 61.4 Å². The quantitative estimate of drug-likeness (QED) is 0.0337. The number of hydrogen-bond donors (Lipinski definition) is 9. The molecule has 5 rings (SSSR count). The second-order valence-electron chi connectivity index (χ2n) is 12.0. The molecule has 54 heavy (non-hydrogen) atoms. The molecule has 0 aliphatic carbocycles. The van der Waals surface area contributed by atoms with Crippen LogP contribution in [0.5, 0.6) is 5.75 Å². The van der Waals surface area contributed by atoms with Gasteiger partial charge in [-0.3, -0.25) is 24.1 Å². The van der Waals surface area contributed by atoms with Crippen LogP contribution >= 0.6 is 34.7 Å². The fraction of sp³-hybridized carbons (Fsp3) is 0.345. The predicted molar refractivity (Wildman–Crippen MR) is 192 cm³/mol. The number of aliphatic imine (C=N–C) groups is 1. The minimum absolute atomic E-state index is 0.00516. The van der Waals surface area contributed by atoms with Crippen LogP contribution in [-0.4, -0.2) is 130 Å². The number of hydrogen-bond acceptors (Lipinski definition) is 18. The van der Waals surface area contributed by atoms with Crippen LogP contribution in [0.15, 0.2) is 50.4 Å². The lowest BCUT2D eigenvalue weighted by atomic mass is 10.0. The Balaban J connectivity index is 1.24. The summed E-state index contributed by atoms with van der Waals surface area (Å²) in [6.45, 7) is 2.57. The standard InChI is InChI=1S/C29H32ClN11O11S2/c1-29(2,27(49)50)52-38-17(16-20(30)54-28(32)37-16)23(45)36-18-24(46)41-19(26(47)48)11(9-53-25(18)41)6-39-7-12(21(31)35-10-39)33-3-4-34-22(44)13-5-14(42)15(43)8-40(13)51/h5,7-8,18,25,33,43,51H,3-4,6,9-10H2,1-2H3,(H2,31,35)(H2,32,37)(H,34,44)(H,36,45)(H,47,48)(H,49,50)/b38-17-/t18-,25?/m1/s1. The number of thiazole rings is 1. The number of amidine groups is 1. The van der Waals surface area contributed by atoms with Crippen molar-refractivity contribution in [2.45, 2.75) is 30.9 Å². The maximum absolute atomic E-state index is 13.4. The molecule has 1 unspecified atom stereocenters. The van der Waals surface area contributed by atoms with E-state index in [1.807, 2.05) is 0 Å². The zero-order chi connectivity index (χ0) is 39.6. The van der Waals surface area contributed by atoms with Crippen molar-refractivity contribution in [1.29, 1.82) is 0 Å². The molecule has 11 N–H and O–H groups in total. The number of thioether (sulfide) groups is 1. The molecule has 2 atom stereocenters. The molecule has 1 fully saturated rings. The normalized spacial score (nSPS) is 18.6. The molecule has 0 bridgehead atoms. The molecule has 25 heteroatoms. The van der Waals surface area contributed by atoms with E-state index in [1.165, 1.54) is 25.6 Å². The highest BCUT2D eigenvalue weighted by molar-refractivity contribution is 8.00. The minimum atomic E-state index is -1.86. The van der Waals surface area contributed by atoms with Crippen LogP contribution in [0.1, 0.15) is 30.0 Å². The number of aromatic hydroxyl groups is 1. The van der Waals surface area contributed by atoms with Gasteiger partial charge in [0.1, 0.15) is 45.3 Å². The second kappa shape index (κ2) is 15.5. The van der Waals surface area contributed by atoms with E-state index in [0.717, 1.165) is 22.3 Å². The molecule has 0 saturated carbocycles. The number of halogens is 1. The van der Waals surface area contributed by atoms with E-state index < -0.39 is 69.3 Å². The average Bonchev–Trinajstić information content (AvgIpc) is 3.44. The van der Waals surface area contributed by atoms with E-state index in [0.29, 0.717) is 22.2 Å². The number of carboxylic acid groups (broad SMARTS) is 2. The van der Waals surface area contributed by atoms with E-state index in [2.05, 4.69) is 31.1 Å². The summed E-state index contributed by atoms with van der Waals surface area (Å²) >= 11 is 8.20. The molecule has 3 amide bonds. The fourth-order valence-electron chi connectivity index (χ4n) is 5.03. The topological polar surface area (TPSA) is 330 Å². The minimum Gasteiger partial charge on any atom is -0.503 e. The van der Waals surface area contributed by atoms with Crippen LogP contribution in [0.25, 0.3) is 0 Å². The van der Waals surface area contributed by atoms with Crippen molar-refractivity contribution in [2.24, 2.45) is 15.9 Å². The maximum Gasteiger partial charge on any atom is 0.352 e. The molecule has 0 aromatic carbocycles. The number of nitrogens with one attached hydrogen (secondary N) is 3. The monoisotopic (exact) mass is 809 g/mol. The molecule has 22 nitrogen and oxygen atoms in total. The number of fused-ring (bicyclic) bond motifs is 1. The van der Waals surface area contributed by atoms with Gasteiger partial charge in [-0.2, -0.15) is 4.73 Å². The summed E-state index contributed by atoms with van der Waals surface area (Å²) < 4.78 is 0.258. The smallest absolute Gasteiger partial charge is 0.352 e. The maximum atomic E-state index is 13.4. The number of pyridine rings is 1. The van der Waals surface area contributed by atoms with Gasteiger partial charge in [-0.05, 0) is 19.4 Å². The Kier molecular flexibility index (Phi) is 11.3. The van der Waals surface area contributed by atoms with Crippen LogP contribution in [0.4, 0.5) is 5.13 Å². The van der Waals surface area contributed by atoms with Crippen LogP contribution in [0.2, 0.25) is 4.34 Å². The fourth-order valence-corrected chi connectivity index (χ4v) is 7.30. The van der Waals surface area contributed by atoms with Crippen LogP contribution in [0.3, 0.4) is 0 Å². The molecule has 2 aromatic heterocycles. The van der Waals surface area contributed by atoms with Gasteiger partial charge >= 0.3 is 11.9 Å². The van der Waals surface area contributed by atoms with E-state index in [9.17, 15) is 49.3 Å². The molecule has 2 aromatic rings. The van der Waals surface area contributed by atoms with Crippen molar-refractivity contribution in [1.82, 2.24) is 35.5 Å². The summed E-state index contributed by atoms with van der Waals surface area (Å²) in [7, 11) is 0. The number of carboxylic acids is 2. The summed E-state index contributed by atoms with van der Waals surface area (Å²) in [6, 6.07) is -0.439. The lowest BCUT2D eigenvalue weighted by Crippen LogP contribution is -2.71. The van der Waals surface area contributed by atoms with Gasteiger partial charge in [0, 0.05) is 37.7 Å². The third-order valence-corrected chi connectivity index (χ3v) is 10.3. The van der Waals surface area contributed by atoms with Gasteiger partial charge in [0.05, 0.1) is 11.9 Å². The number of nitrogens with zero attached hydrogens (tertiary/aromatic N) is 6. The lowest BCUT2D eigenvalue weighted by molar-refractivity contribution is -0.161. The summed E-state index contributed by atoms with van der Waals surface area (Å²) in [4.78, 5) is 90.9. The van der Waals surface area contributed by atoms with Gasteiger partial charge in [0.25, 0.3) is 17.7 Å². The van der Waals surface area contributed by atoms with Crippen LogP contribution in [-0.2, 0) is 24.0 Å². The number of oxime groups is 1. The Hall–Kier alpha value is -6.01. The number of nitrogens with two attached hydrogens (primary N) is 2. The molecule has 288 valence electrons. The Labute approximate surface area is 316 Å². The van der Waals surface area contributed by atoms with E-state index in [-0.39, 0.29) is 58.8 Å². The van der Waals surface area contributed by atoms with Crippen molar-refractivity contribution >= 4 is 81.0 Å². The molecule has 0 spiro atoms. The number of rotatable bonds is 14. The second-order valence-corrected chi connectivity index (χ2v) is 14.8. The van der Waals surface area contributed by atoms with Gasteiger partial charge in [0.15, 0.2) is 16.6 Å². The highest BCUT2D eigenvalue weighted by Crippen LogP contribution is 2.41. The number of aliphatic carboxylic acids is 2. The molecular weight excluding hydrogens is 778 g/mol. The molecule has 0 radical (unpaired) electrons.